The fourth-order valence-electron chi connectivity index (χ4n) is 2.55. The maximum absolute atomic E-state index is 12.3. The lowest BCUT2D eigenvalue weighted by Crippen LogP contribution is -2.50. The van der Waals surface area contributed by atoms with Crippen LogP contribution >= 0.6 is 0 Å². The molecule has 0 unspecified atom stereocenters. The molecular weight excluding hydrogens is 244 g/mol. The largest absolute Gasteiger partial charge is 0.481 e. The summed E-state index contributed by atoms with van der Waals surface area (Å²) in [5.74, 6) is -0.754. The highest BCUT2D eigenvalue weighted by molar-refractivity contribution is 5.77. The monoisotopic (exact) mass is 266 g/mol. The van der Waals surface area contributed by atoms with Crippen molar-refractivity contribution in [2.45, 2.75) is 33.1 Å². The van der Waals surface area contributed by atoms with Gasteiger partial charge < -0.3 is 14.9 Å². The Balaban J connectivity index is 1.91. The van der Waals surface area contributed by atoms with E-state index in [1.165, 1.54) is 5.57 Å². The van der Waals surface area contributed by atoms with E-state index in [0.717, 1.165) is 13.0 Å². The van der Waals surface area contributed by atoms with Crippen LogP contribution in [-0.4, -0.2) is 53.1 Å². The number of likely N-dealkylation sites (tertiary alicyclic amines) is 1. The normalized spacial score (nSPS) is 22.9. The lowest BCUT2D eigenvalue weighted by Gasteiger charge is -2.39. The third kappa shape index (κ3) is 2.91. The predicted octanol–water partition coefficient (Wildman–Crippen LogP) is 1.95. The zero-order valence-electron chi connectivity index (χ0n) is 11.7. The van der Waals surface area contributed by atoms with Crippen molar-refractivity contribution in [1.29, 1.82) is 0 Å². The topological polar surface area (TPSA) is 60.9 Å². The molecule has 5 nitrogen and oxygen atoms in total. The van der Waals surface area contributed by atoms with E-state index in [-0.39, 0.29) is 6.03 Å². The van der Waals surface area contributed by atoms with Gasteiger partial charge in [0.1, 0.15) is 0 Å². The summed E-state index contributed by atoms with van der Waals surface area (Å²) in [4.78, 5) is 27.1. The molecule has 5 heteroatoms. The molecule has 0 aromatic heterocycles. The van der Waals surface area contributed by atoms with Gasteiger partial charge in [-0.1, -0.05) is 11.6 Å². The zero-order chi connectivity index (χ0) is 14.0. The van der Waals surface area contributed by atoms with Crippen LogP contribution in [-0.2, 0) is 4.79 Å². The molecule has 0 atom stereocenters. The minimum absolute atomic E-state index is 0.0520. The average Bonchev–Trinajstić information content (AvgIpc) is 2.39. The maximum Gasteiger partial charge on any atom is 0.320 e. The van der Waals surface area contributed by atoms with E-state index in [1.54, 1.807) is 11.8 Å². The van der Waals surface area contributed by atoms with Crippen LogP contribution in [0.15, 0.2) is 11.6 Å². The van der Waals surface area contributed by atoms with Gasteiger partial charge in [-0.3, -0.25) is 4.79 Å². The van der Waals surface area contributed by atoms with Crippen LogP contribution in [0.3, 0.4) is 0 Å². The van der Waals surface area contributed by atoms with Crippen molar-refractivity contribution in [2.24, 2.45) is 5.41 Å². The van der Waals surface area contributed by atoms with Crippen LogP contribution < -0.4 is 0 Å². The number of piperidine rings is 1. The third-order valence-corrected chi connectivity index (χ3v) is 4.36. The van der Waals surface area contributed by atoms with Crippen molar-refractivity contribution in [3.8, 4) is 0 Å². The highest BCUT2D eigenvalue weighted by Gasteiger charge is 2.38. The number of carboxylic acid groups (broad SMARTS) is 1. The first-order chi connectivity index (χ1) is 8.92. The van der Waals surface area contributed by atoms with E-state index in [9.17, 15) is 14.7 Å². The van der Waals surface area contributed by atoms with E-state index in [4.69, 9.17) is 0 Å². The van der Waals surface area contributed by atoms with E-state index in [0.29, 0.717) is 32.5 Å². The summed E-state index contributed by atoms with van der Waals surface area (Å²) in [7, 11) is 0. The number of carbonyl (C=O) groups excluding carboxylic acids is 1. The molecule has 19 heavy (non-hydrogen) atoms. The van der Waals surface area contributed by atoms with Gasteiger partial charge in [-0.2, -0.15) is 0 Å². The molecule has 2 aliphatic heterocycles. The minimum atomic E-state index is -0.754. The molecule has 2 rings (SSSR count). The molecule has 0 spiro atoms. The molecule has 0 aliphatic carbocycles. The molecule has 0 radical (unpaired) electrons. The Morgan fingerprint density at radius 1 is 1.21 bits per heavy atom. The second kappa shape index (κ2) is 5.23. The number of amides is 2. The number of hydrogen-bond acceptors (Lipinski definition) is 2. The van der Waals surface area contributed by atoms with Crippen molar-refractivity contribution < 1.29 is 14.7 Å². The van der Waals surface area contributed by atoms with Gasteiger partial charge in [0.15, 0.2) is 0 Å². The Hall–Kier alpha value is -1.52. The maximum atomic E-state index is 12.3. The van der Waals surface area contributed by atoms with Gasteiger partial charge in [0.05, 0.1) is 5.41 Å². The number of urea groups is 1. The van der Waals surface area contributed by atoms with Crippen LogP contribution in [0.4, 0.5) is 4.79 Å². The molecule has 1 N–H and O–H groups in total. The molecule has 2 amide bonds. The minimum Gasteiger partial charge on any atom is -0.481 e. The zero-order valence-corrected chi connectivity index (χ0v) is 11.7. The molecule has 0 aromatic rings. The number of carboxylic acids is 1. The summed E-state index contributed by atoms with van der Waals surface area (Å²) in [5.41, 5.74) is 0.663. The standard InChI is InChI=1S/C14H22N2O3/c1-11-3-7-15(8-4-11)13(19)16-9-5-14(2,6-10-16)12(17)18/h3H,4-10H2,1-2H3,(H,17,18). The van der Waals surface area contributed by atoms with Gasteiger partial charge in [-0.05, 0) is 33.1 Å². The Kier molecular flexibility index (Phi) is 3.83. The lowest BCUT2D eigenvalue weighted by molar-refractivity contribution is -0.150. The Labute approximate surface area is 113 Å². The van der Waals surface area contributed by atoms with Crippen molar-refractivity contribution in [1.82, 2.24) is 9.80 Å². The second-order valence-corrected chi connectivity index (χ2v) is 5.88. The molecule has 2 heterocycles. The van der Waals surface area contributed by atoms with Crippen LogP contribution in [0.2, 0.25) is 0 Å². The average molecular weight is 266 g/mol. The van der Waals surface area contributed by atoms with E-state index in [1.807, 2.05) is 4.90 Å². The lowest BCUT2D eigenvalue weighted by atomic mass is 9.80. The summed E-state index contributed by atoms with van der Waals surface area (Å²) < 4.78 is 0. The number of nitrogens with zero attached hydrogens (tertiary/aromatic N) is 2. The number of aliphatic carboxylic acids is 1. The highest BCUT2D eigenvalue weighted by atomic mass is 16.4. The summed E-state index contributed by atoms with van der Waals surface area (Å²) >= 11 is 0. The van der Waals surface area contributed by atoms with Crippen molar-refractivity contribution in [3.05, 3.63) is 11.6 Å². The van der Waals surface area contributed by atoms with Crippen LogP contribution in [0, 0.1) is 5.41 Å². The molecule has 1 fully saturated rings. The summed E-state index contributed by atoms with van der Waals surface area (Å²) in [5, 5.41) is 9.18. The van der Waals surface area contributed by atoms with Crippen molar-refractivity contribution >= 4 is 12.0 Å². The molecule has 1 saturated heterocycles. The fourth-order valence-corrected chi connectivity index (χ4v) is 2.55. The highest BCUT2D eigenvalue weighted by Crippen LogP contribution is 2.31. The van der Waals surface area contributed by atoms with Crippen molar-refractivity contribution in [2.75, 3.05) is 26.2 Å². The van der Waals surface area contributed by atoms with Crippen LogP contribution in [0.1, 0.15) is 33.1 Å². The first-order valence-electron chi connectivity index (χ1n) is 6.85. The van der Waals surface area contributed by atoms with Gasteiger partial charge in [0.25, 0.3) is 0 Å². The molecular formula is C14H22N2O3. The van der Waals surface area contributed by atoms with E-state index < -0.39 is 11.4 Å². The third-order valence-electron chi connectivity index (χ3n) is 4.36. The molecule has 2 aliphatic rings. The van der Waals surface area contributed by atoms with Crippen LogP contribution in [0.5, 0.6) is 0 Å². The summed E-state index contributed by atoms with van der Waals surface area (Å²) in [6.45, 7) is 6.39. The van der Waals surface area contributed by atoms with E-state index in [2.05, 4.69) is 13.0 Å². The fraction of sp³-hybridized carbons (Fsp3) is 0.714. The van der Waals surface area contributed by atoms with Gasteiger partial charge in [-0.15, -0.1) is 0 Å². The van der Waals surface area contributed by atoms with Gasteiger partial charge in [-0.25, -0.2) is 4.79 Å². The first-order valence-corrected chi connectivity index (χ1v) is 6.85. The summed E-state index contributed by atoms with van der Waals surface area (Å²) in [6.07, 6.45) is 4.10. The SMILES string of the molecule is CC1=CCN(C(=O)N2CCC(C)(C(=O)O)CC2)CC1. The number of rotatable bonds is 1. The quantitative estimate of drug-likeness (QED) is 0.738. The predicted molar refractivity (Wildman–Crippen MR) is 71.9 cm³/mol. The smallest absolute Gasteiger partial charge is 0.320 e. The molecule has 0 bridgehead atoms. The Morgan fingerprint density at radius 2 is 1.84 bits per heavy atom. The van der Waals surface area contributed by atoms with Gasteiger partial charge >= 0.3 is 12.0 Å². The Bertz CT molecular complexity index is 409. The number of hydrogen-bond donors (Lipinski definition) is 1. The van der Waals surface area contributed by atoms with Crippen molar-refractivity contribution in [3.63, 3.8) is 0 Å². The second-order valence-electron chi connectivity index (χ2n) is 5.88. The number of carbonyl (C=O) groups is 2. The van der Waals surface area contributed by atoms with Gasteiger partial charge in [0, 0.05) is 26.2 Å². The summed E-state index contributed by atoms with van der Waals surface area (Å²) in [6, 6.07) is 0.0520. The first kappa shape index (κ1) is 13.9. The van der Waals surface area contributed by atoms with Gasteiger partial charge in [0.2, 0.25) is 0 Å². The molecule has 0 aromatic carbocycles. The van der Waals surface area contributed by atoms with E-state index >= 15 is 0 Å². The molecule has 0 saturated carbocycles. The Morgan fingerprint density at radius 3 is 2.32 bits per heavy atom. The molecule has 106 valence electrons. The van der Waals surface area contributed by atoms with Crippen LogP contribution in [0.25, 0.3) is 0 Å².